The Kier molecular flexibility index (Phi) is 9.03. The van der Waals surface area contributed by atoms with Crippen LogP contribution in [0.4, 0.5) is 0 Å². The Labute approximate surface area is 151 Å². The monoisotopic (exact) mass is 348 g/mol. The minimum atomic E-state index is -0.459. The van der Waals surface area contributed by atoms with Gasteiger partial charge >= 0.3 is 0 Å². The minimum absolute atomic E-state index is 0.0106. The van der Waals surface area contributed by atoms with Crippen LogP contribution in [0.25, 0.3) is 0 Å². The molecule has 0 saturated heterocycles. The topological polar surface area (TPSA) is 58.6 Å². The summed E-state index contributed by atoms with van der Waals surface area (Å²) in [6.45, 7) is 8.33. The highest BCUT2D eigenvalue weighted by Gasteiger charge is 2.28. The van der Waals surface area contributed by atoms with Crippen molar-refractivity contribution in [2.75, 3.05) is 7.11 Å². The highest BCUT2D eigenvalue weighted by Crippen LogP contribution is 2.18. The van der Waals surface area contributed by atoms with Gasteiger partial charge in [0.15, 0.2) is 0 Å². The van der Waals surface area contributed by atoms with Crippen LogP contribution in [0.5, 0.6) is 5.75 Å². The largest absolute Gasteiger partial charge is 0.497 e. The van der Waals surface area contributed by atoms with E-state index in [1.54, 1.807) is 12.0 Å². The van der Waals surface area contributed by atoms with Gasteiger partial charge in [-0.15, -0.1) is 0 Å². The van der Waals surface area contributed by atoms with E-state index < -0.39 is 6.04 Å². The van der Waals surface area contributed by atoms with Crippen LogP contribution in [-0.4, -0.2) is 35.9 Å². The lowest BCUT2D eigenvalue weighted by Gasteiger charge is -2.31. The summed E-state index contributed by atoms with van der Waals surface area (Å²) in [6, 6.07) is 7.27. The molecule has 0 aliphatic rings. The van der Waals surface area contributed by atoms with Crippen molar-refractivity contribution >= 4 is 11.8 Å². The molecular weight excluding hydrogens is 316 g/mol. The molecule has 0 aliphatic heterocycles. The first kappa shape index (κ1) is 21.0. The fraction of sp³-hybridized carbons (Fsp3) is 0.600. The first-order chi connectivity index (χ1) is 12.0. The number of hydrogen-bond donors (Lipinski definition) is 1. The van der Waals surface area contributed by atoms with Gasteiger partial charge in [0, 0.05) is 19.0 Å². The fourth-order valence-corrected chi connectivity index (χ4v) is 2.69. The molecule has 5 nitrogen and oxygen atoms in total. The molecule has 0 aromatic heterocycles. The number of ether oxygens (including phenoxy) is 1. The summed E-state index contributed by atoms with van der Waals surface area (Å²) in [5.74, 6) is 0.679. The van der Waals surface area contributed by atoms with Gasteiger partial charge in [-0.25, -0.2) is 0 Å². The Morgan fingerprint density at radius 1 is 1.20 bits per heavy atom. The maximum Gasteiger partial charge on any atom is 0.243 e. The van der Waals surface area contributed by atoms with Gasteiger partial charge < -0.3 is 15.0 Å². The van der Waals surface area contributed by atoms with E-state index >= 15 is 0 Å². The highest BCUT2D eigenvalue weighted by molar-refractivity contribution is 5.87. The Bertz CT molecular complexity index is 560. The molecule has 0 radical (unpaired) electrons. The molecule has 0 spiro atoms. The predicted molar refractivity (Wildman–Crippen MR) is 100 cm³/mol. The zero-order valence-corrected chi connectivity index (χ0v) is 16.2. The first-order valence-corrected chi connectivity index (χ1v) is 9.19. The van der Waals surface area contributed by atoms with Crippen LogP contribution in [0.15, 0.2) is 24.3 Å². The summed E-state index contributed by atoms with van der Waals surface area (Å²) in [5.41, 5.74) is 0.957. The molecule has 140 valence electrons. The van der Waals surface area contributed by atoms with E-state index in [4.69, 9.17) is 4.74 Å². The van der Waals surface area contributed by atoms with E-state index in [0.717, 1.165) is 24.2 Å². The van der Waals surface area contributed by atoms with Gasteiger partial charge in [0.05, 0.1) is 7.11 Å². The number of benzene rings is 1. The summed E-state index contributed by atoms with van der Waals surface area (Å²) in [7, 11) is 1.62. The van der Waals surface area contributed by atoms with Gasteiger partial charge in [0.1, 0.15) is 11.8 Å². The molecule has 1 rings (SSSR count). The standard InChI is InChI=1S/C20H32N2O3/c1-6-10-19(23)22(14-16-11-9-12-17(13-16)25-5)18(8-3)20(24)21-15(4)7-2/h9,11-13,15,18H,6-8,10,14H2,1-5H3,(H,21,24)/t15-,18+/m1/s1. The highest BCUT2D eigenvalue weighted by atomic mass is 16.5. The molecular formula is C20H32N2O3. The summed E-state index contributed by atoms with van der Waals surface area (Å²) in [6.07, 6.45) is 2.65. The maximum atomic E-state index is 12.7. The van der Waals surface area contributed by atoms with Crippen molar-refractivity contribution in [3.8, 4) is 5.75 Å². The van der Waals surface area contributed by atoms with Crippen LogP contribution in [-0.2, 0) is 16.1 Å². The Morgan fingerprint density at radius 2 is 1.92 bits per heavy atom. The van der Waals surface area contributed by atoms with Crippen molar-refractivity contribution in [2.45, 2.75) is 72.0 Å². The van der Waals surface area contributed by atoms with E-state index in [1.807, 2.05) is 52.0 Å². The second-order valence-electron chi connectivity index (χ2n) is 6.37. The van der Waals surface area contributed by atoms with Crippen LogP contribution in [0, 0.1) is 0 Å². The molecule has 1 aromatic rings. The number of hydrogen-bond acceptors (Lipinski definition) is 3. The van der Waals surface area contributed by atoms with E-state index in [9.17, 15) is 9.59 Å². The third-order valence-corrected chi connectivity index (χ3v) is 4.34. The molecule has 2 atom stereocenters. The third-order valence-electron chi connectivity index (χ3n) is 4.34. The third kappa shape index (κ3) is 6.40. The number of carbonyl (C=O) groups is 2. The van der Waals surface area contributed by atoms with Crippen molar-refractivity contribution in [2.24, 2.45) is 0 Å². The summed E-state index contributed by atoms with van der Waals surface area (Å²) >= 11 is 0. The second-order valence-corrected chi connectivity index (χ2v) is 6.37. The van der Waals surface area contributed by atoms with E-state index in [1.165, 1.54) is 0 Å². The molecule has 0 aliphatic carbocycles. The molecule has 5 heteroatoms. The van der Waals surface area contributed by atoms with Gasteiger partial charge in [-0.3, -0.25) is 9.59 Å². The van der Waals surface area contributed by atoms with Crippen molar-refractivity contribution < 1.29 is 14.3 Å². The van der Waals surface area contributed by atoms with Gasteiger partial charge in [-0.1, -0.05) is 32.9 Å². The van der Waals surface area contributed by atoms with Gasteiger partial charge in [-0.05, 0) is 43.9 Å². The minimum Gasteiger partial charge on any atom is -0.497 e. The molecule has 0 saturated carbocycles. The molecule has 0 heterocycles. The van der Waals surface area contributed by atoms with Crippen molar-refractivity contribution in [1.82, 2.24) is 10.2 Å². The molecule has 2 amide bonds. The Hall–Kier alpha value is -2.04. The average Bonchev–Trinajstić information content (AvgIpc) is 2.61. The van der Waals surface area contributed by atoms with Gasteiger partial charge in [0.25, 0.3) is 0 Å². The molecule has 0 unspecified atom stereocenters. The molecule has 1 N–H and O–H groups in total. The van der Waals surface area contributed by atoms with Crippen molar-refractivity contribution in [3.63, 3.8) is 0 Å². The Balaban J connectivity index is 3.03. The molecule has 0 bridgehead atoms. The number of rotatable bonds is 10. The number of amides is 2. The first-order valence-electron chi connectivity index (χ1n) is 9.19. The van der Waals surface area contributed by atoms with Gasteiger partial charge in [-0.2, -0.15) is 0 Å². The Morgan fingerprint density at radius 3 is 2.48 bits per heavy atom. The normalized spacial score (nSPS) is 13.0. The quantitative estimate of drug-likeness (QED) is 0.704. The van der Waals surface area contributed by atoms with Crippen molar-refractivity contribution in [3.05, 3.63) is 29.8 Å². The number of nitrogens with one attached hydrogen (secondary N) is 1. The smallest absolute Gasteiger partial charge is 0.243 e. The van der Waals surface area contributed by atoms with Crippen LogP contribution in [0.1, 0.15) is 58.9 Å². The van der Waals surface area contributed by atoms with E-state index in [2.05, 4.69) is 5.32 Å². The summed E-state index contributed by atoms with van der Waals surface area (Å²) in [4.78, 5) is 27.1. The molecule has 25 heavy (non-hydrogen) atoms. The van der Waals surface area contributed by atoms with Crippen molar-refractivity contribution in [1.29, 1.82) is 0 Å². The van der Waals surface area contributed by atoms with E-state index in [0.29, 0.717) is 19.4 Å². The molecule has 0 fully saturated rings. The number of methoxy groups -OCH3 is 1. The second kappa shape index (κ2) is 10.7. The lowest BCUT2D eigenvalue weighted by atomic mass is 10.1. The summed E-state index contributed by atoms with van der Waals surface area (Å²) < 4.78 is 5.26. The number of carbonyl (C=O) groups excluding carboxylic acids is 2. The predicted octanol–water partition coefficient (Wildman–Crippen LogP) is 3.52. The molecule has 1 aromatic carbocycles. The zero-order chi connectivity index (χ0) is 18.8. The fourth-order valence-electron chi connectivity index (χ4n) is 2.69. The van der Waals surface area contributed by atoms with E-state index in [-0.39, 0.29) is 17.9 Å². The zero-order valence-electron chi connectivity index (χ0n) is 16.2. The van der Waals surface area contributed by atoms with Crippen LogP contribution >= 0.6 is 0 Å². The maximum absolute atomic E-state index is 12.7. The lowest BCUT2D eigenvalue weighted by molar-refractivity contribution is -0.141. The SMILES string of the molecule is CCCC(=O)N(Cc1cccc(OC)c1)[C@@H](CC)C(=O)N[C@H](C)CC. The van der Waals surface area contributed by atoms with Crippen LogP contribution < -0.4 is 10.1 Å². The van der Waals surface area contributed by atoms with Gasteiger partial charge in [0.2, 0.25) is 11.8 Å². The lowest BCUT2D eigenvalue weighted by Crippen LogP contribution is -2.50. The van der Waals surface area contributed by atoms with Crippen LogP contribution in [0.2, 0.25) is 0 Å². The average molecular weight is 348 g/mol. The number of nitrogens with zero attached hydrogens (tertiary/aromatic N) is 1. The van der Waals surface area contributed by atoms with Crippen LogP contribution in [0.3, 0.4) is 0 Å². The summed E-state index contributed by atoms with van der Waals surface area (Å²) in [5, 5.41) is 3.01.